The maximum absolute atomic E-state index is 10.5. The van der Waals surface area contributed by atoms with Crippen LogP contribution in [0.1, 0.15) is 12.0 Å². The van der Waals surface area contributed by atoms with Crippen LogP contribution in [0, 0.1) is 0 Å². The van der Waals surface area contributed by atoms with Crippen LogP contribution < -0.4 is 4.90 Å². The van der Waals surface area contributed by atoms with Crippen LogP contribution in [0.15, 0.2) is 18.2 Å². The number of nitrogens with zero attached hydrogens (tertiary/aromatic N) is 1. The van der Waals surface area contributed by atoms with Crippen molar-refractivity contribution in [2.75, 3.05) is 31.2 Å². The van der Waals surface area contributed by atoms with Crippen LogP contribution in [0.25, 0.3) is 0 Å². The molecule has 1 heterocycles. The molecule has 0 atom stereocenters. The number of morpholine rings is 1. The lowest BCUT2D eigenvalue weighted by atomic mass is 10.1. The van der Waals surface area contributed by atoms with Gasteiger partial charge in [-0.3, -0.25) is 4.79 Å². The molecule has 1 aromatic rings. The molecule has 1 aliphatic heterocycles. The first kappa shape index (κ1) is 13.2. The number of ether oxygens (including phenoxy) is 1. The third kappa shape index (κ3) is 3.37. The van der Waals surface area contributed by atoms with Gasteiger partial charge in [-0.2, -0.15) is 0 Å². The van der Waals surface area contributed by atoms with E-state index in [2.05, 4.69) is 4.90 Å². The van der Waals surface area contributed by atoms with E-state index in [1.165, 1.54) is 0 Å². The molecule has 98 valence electrons. The second-order valence-corrected chi connectivity index (χ2v) is 4.69. The Hall–Kier alpha value is -1.26. The molecule has 2 rings (SSSR count). The topological polar surface area (TPSA) is 49.8 Å². The minimum absolute atomic E-state index is 0.132. The number of rotatable bonds is 4. The molecular weight excluding hydrogens is 254 g/mol. The van der Waals surface area contributed by atoms with E-state index >= 15 is 0 Å². The van der Waals surface area contributed by atoms with Crippen molar-refractivity contribution in [2.24, 2.45) is 0 Å². The standard InChI is InChI=1S/C13H16ClNO3/c14-11-9-10(2-4-13(16)17)1-3-12(11)15-5-7-18-8-6-15/h1,3,9H,2,4-8H2,(H,16,17). The molecule has 1 fully saturated rings. The van der Waals surface area contributed by atoms with Crippen molar-refractivity contribution >= 4 is 23.3 Å². The number of carboxylic acids is 1. The Morgan fingerprint density at radius 1 is 1.39 bits per heavy atom. The van der Waals surface area contributed by atoms with E-state index in [1.807, 2.05) is 18.2 Å². The number of anilines is 1. The number of aliphatic carboxylic acids is 1. The summed E-state index contributed by atoms with van der Waals surface area (Å²) < 4.78 is 5.30. The zero-order valence-corrected chi connectivity index (χ0v) is 10.8. The highest BCUT2D eigenvalue weighted by Gasteiger charge is 2.14. The number of hydrogen-bond donors (Lipinski definition) is 1. The van der Waals surface area contributed by atoms with Crippen LogP contribution in [0.5, 0.6) is 0 Å². The molecule has 1 aliphatic rings. The second kappa shape index (κ2) is 6.07. The van der Waals surface area contributed by atoms with Crippen LogP contribution in [0.2, 0.25) is 5.02 Å². The first-order valence-corrected chi connectivity index (χ1v) is 6.37. The molecule has 0 unspecified atom stereocenters. The van der Waals surface area contributed by atoms with E-state index < -0.39 is 5.97 Å². The smallest absolute Gasteiger partial charge is 0.303 e. The van der Waals surface area contributed by atoms with Gasteiger partial charge in [0, 0.05) is 19.5 Å². The number of halogens is 1. The lowest BCUT2D eigenvalue weighted by Gasteiger charge is -2.29. The van der Waals surface area contributed by atoms with Crippen LogP contribution in [-0.4, -0.2) is 37.4 Å². The number of aryl methyl sites for hydroxylation is 1. The van der Waals surface area contributed by atoms with E-state index in [1.54, 1.807) is 0 Å². The quantitative estimate of drug-likeness (QED) is 0.910. The summed E-state index contributed by atoms with van der Waals surface area (Å²) in [6.07, 6.45) is 0.645. The Bertz CT molecular complexity index is 430. The Labute approximate surface area is 111 Å². The summed E-state index contributed by atoms with van der Waals surface area (Å²) in [6, 6.07) is 5.76. The molecule has 5 heteroatoms. The Kier molecular flexibility index (Phi) is 4.44. The highest BCUT2D eigenvalue weighted by atomic mass is 35.5. The van der Waals surface area contributed by atoms with Gasteiger partial charge in [-0.25, -0.2) is 0 Å². The molecule has 1 saturated heterocycles. The second-order valence-electron chi connectivity index (χ2n) is 4.28. The number of benzene rings is 1. The minimum atomic E-state index is -0.789. The summed E-state index contributed by atoms with van der Waals surface area (Å²) in [5.74, 6) is -0.789. The van der Waals surface area contributed by atoms with Crippen LogP contribution in [0.3, 0.4) is 0 Å². The van der Waals surface area contributed by atoms with E-state index in [-0.39, 0.29) is 6.42 Å². The van der Waals surface area contributed by atoms with Gasteiger partial charge >= 0.3 is 5.97 Å². The first-order valence-electron chi connectivity index (χ1n) is 6.00. The third-order valence-electron chi connectivity index (χ3n) is 2.99. The van der Waals surface area contributed by atoms with Crippen molar-refractivity contribution in [1.82, 2.24) is 0 Å². The van der Waals surface area contributed by atoms with Gasteiger partial charge in [0.1, 0.15) is 0 Å². The predicted molar refractivity (Wildman–Crippen MR) is 70.4 cm³/mol. The zero-order valence-electron chi connectivity index (χ0n) is 10.1. The predicted octanol–water partition coefficient (Wildman–Crippen LogP) is 2.19. The Morgan fingerprint density at radius 2 is 2.11 bits per heavy atom. The molecular formula is C13H16ClNO3. The summed E-state index contributed by atoms with van der Waals surface area (Å²) >= 11 is 6.25. The van der Waals surface area contributed by atoms with Crippen molar-refractivity contribution in [3.8, 4) is 0 Å². The largest absolute Gasteiger partial charge is 0.481 e. The molecule has 0 radical (unpaired) electrons. The van der Waals surface area contributed by atoms with Crippen LogP contribution in [0.4, 0.5) is 5.69 Å². The van der Waals surface area contributed by atoms with Crippen molar-refractivity contribution < 1.29 is 14.6 Å². The Balaban J connectivity index is 2.06. The average molecular weight is 270 g/mol. The van der Waals surface area contributed by atoms with Gasteiger partial charge in [0.2, 0.25) is 0 Å². The fraction of sp³-hybridized carbons (Fsp3) is 0.462. The van der Waals surface area contributed by atoms with Gasteiger partial charge in [0.25, 0.3) is 0 Å². The summed E-state index contributed by atoms with van der Waals surface area (Å²) in [4.78, 5) is 12.7. The summed E-state index contributed by atoms with van der Waals surface area (Å²) in [7, 11) is 0. The lowest BCUT2D eigenvalue weighted by molar-refractivity contribution is -0.136. The molecule has 0 bridgehead atoms. The Morgan fingerprint density at radius 3 is 2.72 bits per heavy atom. The van der Waals surface area contributed by atoms with E-state index in [9.17, 15) is 4.79 Å². The highest BCUT2D eigenvalue weighted by molar-refractivity contribution is 6.33. The van der Waals surface area contributed by atoms with Gasteiger partial charge < -0.3 is 14.7 Å². The van der Waals surface area contributed by atoms with Crippen LogP contribution >= 0.6 is 11.6 Å². The van der Waals surface area contributed by atoms with E-state index in [4.69, 9.17) is 21.4 Å². The van der Waals surface area contributed by atoms with Gasteiger partial charge in [-0.15, -0.1) is 0 Å². The fourth-order valence-electron chi connectivity index (χ4n) is 2.02. The van der Waals surface area contributed by atoms with Crippen LogP contribution in [-0.2, 0) is 16.0 Å². The number of carboxylic acid groups (broad SMARTS) is 1. The van der Waals surface area contributed by atoms with Crippen molar-refractivity contribution in [2.45, 2.75) is 12.8 Å². The SMILES string of the molecule is O=C(O)CCc1ccc(N2CCOCC2)c(Cl)c1. The van der Waals surface area contributed by atoms with Gasteiger partial charge in [-0.1, -0.05) is 17.7 Å². The third-order valence-corrected chi connectivity index (χ3v) is 3.29. The zero-order chi connectivity index (χ0) is 13.0. The maximum Gasteiger partial charge on any atom is 0.303 e. The number of carbonyl (C=O) groups is 1. The highest BCUT2D eigenvalue weighted by Crippen LogP contribution is 2.27. The molecule has 0 spiro atoms. The summed E-state index contributed by atoms with van der Waals surface area (Å²) in [5.41, 5.74) is 1.96. The summed E-state index contributed by atoms with van der Waals surface area (Å²) in [6.45, 7) is 3.12. The number of hydrogen-bond acceptors (Lipinski definition) is 3. The molecule has 0 amide bonds. The molecule has 0 aliphatic carbocycles. The molecule has 4 nitrogen and oxygen atoms in total. The average Bonchev–Trinajstić information content (AvgIpc) is 2.37. The van der Waals surface area contributed by atoms with Gasteiger partial charge in [0.15, 0.2) is 0 Å². The first-order chi connectivity index (χ1) is 8.66. The fourth-order valence-corrected chi connectivity index (χ4v) is 2.34. The van der Waals surface area contributed by atoms with E-state index in [0.29, 0.717) is 11.4 Å². The molecule has 1 N–H and O–H groups in total. The normalized spacial score (nSPS) is 15.7. The van der Waals surface area contributed by atoms with Gasteiger partial charge in [0.05, 0.1) is 23.9 Å². The molecule has 0 aromatic heterocycles. The minimum Gasteiger partial charge on any atom is -0.481 e. The molecule has 18 heavy (non-hydrogen) atoms. The summed E-state index contributed by atoms with van der Waals surface area (Å²) in [5, 5.41) is 9.33. The van der Waals surface area contributed by atoms with Crippen molar-refractivity contribution in [1.29, 1.82) is 0 Å². The van der Waals surface area contributed by atoms with Crippen molar-refractivity contribution in [3.05, 3.63) is 28.8 Å². The van der Waals surface area contributed by atoms with E-state index in [0.717, 1.165) is 37.6 Å². The van der Waals surface area contributed by atoms with Gasteiger partial charge in [-0.05, 0) is 24.1 Å². The monoisotopic (exact) mass is 269 g/mol. The molecule has 0 saturated carbocycles. The maximum atomic E-state index is 10.5. The molecule has 1 aromatic carbocycles. The lowest BCUT2D eigenvalue weighted by Crippen LogP contribution is -2.36. The van der Waals surface area contributed by atoms with Crippen molar-refractivity contribution in [3.63, 3.8) is 0 Å².